The third-order valence-corrected chi connectivity index (χ3v) is 4.71. The van der Waals surface area contributed by atoms with Crippen LogP contribution in [-0.4, -0.2) is 25.6 Å². The number of nitrogens with zero attached hydrogens (tertiary/aromatic N) is 3. The molecule has 0 radical (unpaired) electrons. The van der Waals surface area contributed by atoms with Gasteiger partial charge in [-0.25, -0.2) is 4.39 Å². The number of aromatic nitrogens is 3. The van der Waals surface area contributed by atoms with Crippen molar-refractivity contribution in [1.29, 1.82) is 0 Å². The Hall–Kier alpha value is -3.29. The Morgan fingerprint density at radius 3 is 2.69 bits per heavy atom. The smallest absolute Gasteiger partial charge is 0.257 e. The van der Waals surface area contributed by atoms with Crippen LogP contribution in [0.15, 0.2) is 66.9 Å². The number of hydrogen-bond donors (Lipinski definition) is 2. The average molecular weight is 411 g/mol. The summed E-state index contributed by atoms with van der Waals surface area (Å²) < 4.78 is 15.8. The van der Waals surface area contributed by atoms with E-state index < -0.39 is 17.8 Å². The number of aliphatic hydroxyl groups excluding tert-OH is 1. The van der Waals surface area contributed by atoms with Crippen molar-refractivity contribution in [3.05, 3.63) is 94.7 Å². The highest BCUT2D eigenvalue weighted by Gasteiger charge is 2.21. The van der Waals surface area contributed by atoms with Gasteiger partial charge in [-0.1, -0.05) is 35.9 Å². The molecule has 2 N–H and O–H groups in total. The number of rotatable bonds is 5. The van der Waals surface area contributed by atoms with Crippen LogP contribution in [0.5, 0.6) is 0 Å². The Morgan fingerprint density at radius 1 is 1.14 bits per heavy atom. The second-order valence-corrected chi connectivity index (χ2v) is 6.91. The molecule has 6 nitrogen and oxygen atoms in total. The Kier molecular flexibility index (Phi) is 5.24. The molecule has 0 aliphatic heterocycles. The number of nitrogens with one attached hydrogen (secondary N) is 1. The molecule has 146 valence electrons. The highest BCUT2D eigenvalue weighted by Crippen LogP contribution is 2.22. The Labute approximate surface area is 170 Å². The van der Waals surface area contributed by atoms with E-state index in [0.717, 1.165) is 23.1 Å². The van der Waals surface area contributed by atoms with Crippen LogP contribution in [0.2, 0.25) is 5.02 Å². The number of benzene rings is 2. The van der Waals surface area contributed by atoms with Crippen LogP contribution in [-0.2, 0) is 11.2 Å². The van der Waals surface area contributed by atoms with Crippen LogP contribution in [0, 0.1) is 5.82 Å². The molecule has 0 spiro atoms. The van der Waals surface area contributed by atoms with Crippen LogP contribution < -0.4 is 5.32 Å². The van der Waals surface area contributed by atoms with Gasteiger partial charge in [-0.3, -0.25) is 9.20 Å². The van der Waals surface area contributed by atoms with E-state index in [9.17, 15) is 14.3 Å². The molecule has 2 heterocycles. The summed E-state index contributed by atoms with van der Waals surface area (Å²) in [5.41, 5.74) is 2.10. The van der Waals surface area contributed by atoms with Crippen molar-refractivity contribution < 1.29 is 14.3 Å². The van der Waals surface area contributed by atoms with Gasteiger partial charge >= 0.3 is 0 Å². The molecule has 0 aliphatic carbocycles. The maximum Gasteiger partial charge on any atom is 0.257 e. The quantitative estimate of drug-likeness (QED) is 0.524. The number of fused-ring (bicyclic) bond motifs is 1. The second kappa shape index (κ2) is 7.98. The van der Waals surface area contributed by atoms with Crippen LogP contribution in [0.25, 0.3) is 5.65 Å². The number of aliphatic hydroxyl groups is 1. The number of hydrogen-bond acceptors (Lipinski definition) is 4. The van der Waals surface area contributed by atoms with Gasteiger partial charge in [0.1, 0.15) is 11.6 Å². The fourth-order valence-electron chi connectivity index (χ4n) is 2.98. The van der Waals surface area contributed by atoms with Gasteiger partial charge in [0, 0.05) is 28.9 Å². The summed E-state index contributed by atoms with van der Waals surface area (Å²) in [4.78, 5) is 12.3. The zero-order valence-corrected chi connectivity index (χ0v) is 15.8. The minimum Gasteiger partial charge on any atom is -0.378 e. The lowest BCUT2D eigenvalue weighted by atomic mass is 10.1. The first kappa shape index (κ1) is 19.0. The standard InChI is InChI=1S/C21H16ClFN4O2/c22-14-6-9-16(17(23)12-14)20(28)21(29)24-15-7-4-13(5-8-15)11-19-26-25-18-3-1-2-10-27(18)19/h1-10,12,20,28H,11H2,(H,24,29). The topological polar surface area (TPSA) is 79.5 Å². The molecule has 0 fully saturated rings. The summed E-state index contributed by atoms with van der Waals surface area (Å²) in [6.07, 6.45) is 0.823. The van der Waals surface area contributed by atoms with E-state index in [0.29, 0.717) is 12.1 Å². The van der Waals surface area contributed by atoms with Crippen LogP contribution in [0.1, 0.15) is 23.1 Å². The Balaban J connectivity index is 1.44. The number of halogens is 2. The monoisotopic (exact) mass is 410 g/mol. The molecule has 2 aromatic carbocycles. The number of anilines is 1. The van der Waals surface area contributed by atoms with Crippen molar-refractivity contribution >= 4 is 28.8 Å². The summed E-state index contributed by atoms with van der Waals surface area (Å²) in [5.74, 6) is -0.676. The molecule has 0 bridgehead atoms. The third kappa shape index (κ3) is 4.11. The molecule has 0 aliphatic rings. The highest BCUT2D eigenvalue weighted by molar-refractivity contribution is 6.30. The highest BCUT2D eigenvalue weighted by atomic mass is 35.5. The first-order valence-electron chi connectivity index (χ1n) is 8.83. The van der Waals surface area contributed by atoms with Crippen molar-refractivity contribution in [3.8, 4) is 0 Å². The van der Waals surface area contributed by atoms with E-state index in [1.165, 1.54) is 12.1 Å². The van der Waals surface area contributed by atoms with Crippen LogP contribution >= 0.6 is 11.6 Å². The van der Waals surface area contributed by atoms with Crippen molar-refractivity contribution in [2.75, 3.05) is 5.32 Å². The molecule has 1 amide bonds. The van der Waals surface area contributed by atoms with Gasteiger partial charge in [0.2, 0.25) is 0 Å². The van der Waals surface area contributed by atoms with Gasteiger partial charge in [-0.15, -0.1) is 10.2 Å². The summed E-state index contributed by atoms with van der Waals surface area (Å²) >= 11 is 5.70. The second-order valence-electron chi connectivity index (χ2n) is 6.48. The lowest BCUT2D eigenvalue weighted by Gasteiger charge is -2.13. The number of carbonyl (C=O) groups is 1. The SMILES string of the molecule is O=C(Nc1ccc(Cc2nnc3ccccn23)cc1)C(O)c1ccc(Cl)cc1F. The molecular formula is C21H16ClFN4O2. The van der Waals surface area contributed by atoms with E-state index in [-0.39, 0.29) is 10.6 Å². The van der Waals surface area contributed by atoms with Gasteiger partial charge in [-0.05, 0) is 42.0 Å². The summed E-state index contributed by atoms with van der Waals surface area (Å²) in [7, 11) is 0. The van der Waals surface area contributed by atoms with Gasteiger partial charge in [0.25, 0.3) is 5.91 Å². The Bertz CT molecular complexity index is 1180. The molecule has 4 rings (SSSR count). The minimum atomic E-state index is -1.64. The van der Waals surface area contributed by atoms with E-state index in [1.54, 1.807) is 12.1 Å². The molecule has 0 saturated heterocycles. The molecule has 8 heteroatoms. The van der Waals surface area contributed by atoms with Crippen molar-refractivity contribution in [1.82, 2.24) is 14.6 Å². The maximum absolute atomic E-state index is 13.9. The van der Waals surface area contributed by atoms with Crippen LogP contribution in [0.3, 0.4) is 0 Å². The largest absolute Gasteiger partial charge is 0.378 e. The summed E-state index contributed by atoms with van der Waals surface area (Å²) in [5, 5.41) is 21.2. The number of pyridine rings is 1. The lowest BCUT2D eigenvalue weighted by Crippen LogP contribution is -2.21. The maximum atomic E-state index is 13.9. The molecule has 1 atom stereocenters. The fraction of sp³-hybridized carbons (Fsp3) is 0.0952. The first-order chi connectivity index (χ1) is 14.0. The zero-order valence-electron chi connectivity index (χ0n) is 15.1. The van der Waals surface area contributed by atoms with Crippen LogP contribution in [0.4, 0.5) is 10.1 Å². The predicted octanol–water partition coefficient (Wildman–Crippen LogP) is 3.78. The summed E-state index contributed by atoms with van der Waals surface area (Å²) in [6.45, 7) is 0. The molecule has 29 heavy (non-hydrogen) atoms. The van der Waals surface area contributed by atoms with Gasteiger partial charge in [0.05, 0.1) is 0 Å². The van der Waals surface area contributed by atoms with Gasteiger partial charge in [0.15, 0.2) is 11.8 Å². The normalized spacial score (nSPS) is 12.1. The molecule has 4 aromatic rings. The van der Waals surface area contributed by atoms with Crippen molar-refractivity contribution in [2.45, 2.75) is 12.5 Å². The molecule has 2 aromatic heterocycles. The molecular weight excluding hydrogens is 395 g/mol. The summed E-state index contributed by atoms with van der Waals surface area (Å²) in [6, 6.07) is 16.5. The van der Waals surface area contributed by atoms with Crippen molar-refractivity contribution in [3.63, 3.8) is 0 Å². The molecule has 1 unspecified atom stereocenters. The van der Waals surface area contributed by atoms with E-state index in [2.05, 4.69) is 15.5 Å². The average Bonchev–Trinajstić information content (AvgIpc) is 3.12. The van der Waals surface area contributed by atoms with Gasteiger partial charge in [-0.2, -0.15) is 0 Å². The Morgan fingerprint density at radius 2 is 1.93 bits per heavy atom. The fourth-order valence-corrected chi connectivity index (χ4v) is 3.13. The minimum absolute atomic E-state index is 0.137. The zero-order chi connectivity index (χ0) is 20.4. The molecule has 0 saturated carbocycles. The van der Waals surface area contributed by atoms with E-state index >= 15 is 0 Å². The lowest BCUT2D eigenvalue weighted by molar-refractivity contribution is -0.124. The van der Waals surface area contributed by atoms with Crippen molar-refractivity contribution in [2.24, 2.45) is 0 Å². The van der Waals surface area contributed by atoms with Gasteiger partial charge < -0.3 is 10.4 Å². The number of amides is 1. The predicted molar refractivity (Wildman–Crippen MR) is 107 cm³/mol. The third-order valence-electron chi connectivity index (χ3n) is 4.47. The van der Waals surface area contributed by atoms with E-state index in [1.807, 2.05) is 40.9 Å². The number of carbonyl (C=O) groups excluding carboxylic acids is 1. The first-order valence-corrected chi connectivity index (χ1v) is 9.20. The van der Waals surface area contributed by atoms with E-state index in [4.69, 9.17) is 11.6 Å².